The van der Waals surface area contributed by atoms with Crippen molar-refractivity contribution in [1.82, 2.24) is 4.98 Å². The first kappa shape index (κ1) is 21.5. The molecule has 0 fully saturated rings. The lowest BCUT2D eigenvalue weighted by Gasteiger charge is -2.17. The Morgan fingerprint density at radius 2 is 1.81 bits per heavy atom. The highest BCUT2D eigenvalue weighted by molar-refractivity contribution is 5.98. The summed E-state index contributed by atoms with van der Waals surface area (Å²) in [6.07, 6.45) is 2.92. The number of benzene rings is 2. The Morgan fingerprint density at radius 3 is 2.48 bits per heavy atom. The first-order chi connectivity index (χ1) is 15.0. The number of nitriles is 1. The zero-order valence-electron chi connectivity index (χ0n) is 17.1. The van der Waals surface area contributed by atoms with Gasteiger partial charge in [0.05, 0.1) is 24.3 Å². The number of aromatic nitrogens is 1. The van der Waals surface area contributed by atoms with E-state index in [9.17, 15) is 14.9 Å². The molecule has 3 rings (SSSR count). The molecule has 0 saturated carbocycles. The molecule has 1 heterocycles. The summed E-state index contributed by atoms with van der Waals surface area (Å²) >= 11 is 0. The number of nitrogens with zero attached hydrogens (tertiary/aromatic N) is 2. The highest BCUT2D eigenvalue weighted by Crippen LogP contribution is 2.37. The smallest absolute Gasteiger partial charge is 0.340 e. The summed E-state index contributed by atoms with van der Waals surface area (Å²) in [5, 5.41) is 9.57. The van der Waals surface area contributed by atoms with Gasteiger partial charge in [0.2, 0.25) is 0 Å². The number of hydrogen-bond donors (Lipinski definition) is 0. The van der Waals surface area contributed by atoms with Crippen LogP contribution in [-0.2, 0) is 27.5 Å². The molecule has 31 heavy (non-hydrogen) atoms. The summed E-state index contributed by atoms with van der Waals surface area (Å²) in [4.78, 5) is 28.3. The van der Waals surface area contributed by atoms with Crippen LogP contribution in [0.4, 0.5) is 0 Å². The Balaban J connectivity index is 2.05. The molecule has 1 aromatic heterocycles. The molecule has 0 spiro atoms. The van der Waals surface area contributed by atoms with Crippen molar-refractivity contribution in [1.29, 1.82) is 5.26 Å². The number of pyridine rings is 1. The van der Waals surface area contributed by atoms with E-state index in [0.29, 0.717) is 28.0 Å². The van der Waals surface area contributed by atoms with Gasteiger partial charge in [0, 0.05) is 36.0 Å². The normalized spacial score (nSPS) is 10.1. The van der Waals surface area contributed by atoms with Crippen LogP contribution >= 0.6 is 0 Å². The second-order valence-electron chi connectivity index (χ2n) is 6.54. The van der Waals surface area contributed by atoms with Crippen molar-refractivity contribution in [3.05, 3.63) is 83.2 Å². The SMILES string of the molecule is COc1ccc(C#N)c(COC(C)=O)c1-c1ccncc1C(=O)OCc1ccccc1. The molecule has 0 radical (unpaired) electrons. The van der Waals surface area contributed by atoms with Crippen molar-refractivity contribution in [2.24, 2.45) is 0 Å². The fourth-order valence-electron chi connectivity index (χ4n) is 3.10. The van der Waals surface area contributed by atoms with Gasteiger partial charge in [0.15, 0.2) is 0 Å². The standard InChI is InChI=1S/C24H20N2O5/c1-16(27)30-15-21-18(12-25)8-9-22(29-2)23(21)19-10-11-26-13-20(19)24(28)31-14-17-6-4-3-5-7-17/h3-11,13H,14-15H2,1-2H3. The number of rotatable bonds is 7. The maximum Gasteiger partial charge on any atom is 0.340 e. The van der Waals surface area contributed by atoms with Crippen LogP contribution in [0.5, 0.6) is 5.75 Å². The molecule has 0 saturated heterocycles. The minimum absolute atomic E-state index is 0.101. The monoisotopic (exact) mass is 416 g/mol. The summed E-state index contributed by atoms with van der Waals surface area (Å²) in [5.74, 6) is -0.644. The zero-order valence-corrected chi connectivity index (χ0v) is 17.1. The van der Waals surface area contributed by atoms with Gasteiger partial charge in [-0.1, -0.05) is 30.3 Å². The Kier molecular flexibility index (Phi) is 6.97. The topological polar surface area (TPSA) is 98.5 Å². The highest BCUT2D eigenvalue weighted by Gasteiger charge is 2.23. The van der Waals surface area contributed by atoms with E-state index in [-0.39, 0.29) is 18.8 Å². The molecular weight excluding hydrogens is 396 g/mol. The molecule has 0 aliphatic rings. The minimum atomic E-state index is -0.574. The van der Waals surface area contributed by atoms with Crippen molar-refractivity contribution in [2.45, 2.75) is 20.1 Å². The Morgan fingerprint density at radius 1 is 1.03 bits per heavy atom. The lowest BCUT2D eigenvalue weighted by molar-refractivity contribution is -0.142. The van der Waals surface area contributed by atoms with Gasteiger partial charge in [-0.25, -0.2) is 4.79 Å². The summed E-state index contributed by atoms with van der Waals surface area (Å²) in [6.45, 7) is 1.24. The van der Waals surface area contributed by atoms with Crippen molar-refractivity contribution in [2.75, 3.05) is 7.11 Å². The van der Waals surface area contributed by atoms with Crippen molar-refractivity contribution in [3.63, 3.8) is 0 Å². The molecule has 0 amide bonds. The van der Waals surface area contributed by atoms with Gasteiger partial charge in [-0.05, 0) is 23.8 Å². The summed E-state index contributed by atoms with van der Waals surface area (Å²) in [7, 11) is 1.48. The Labute approximate surface area is 179 Å². The fourth-order valence-corrected chi connectivity index (χ4v) is 3.10. The van der Waals surface area contributed by atoms with Crippen LogP contribution in [0, 0.1) is 11.3 Å². The second kappa shape index (κ2) is 10.0. The molecule has 7 heteroatoms. The summed E-state index contributed by atoms with van der Waals surface area (Å²) in [6, 6.07) is 16.2. The molecule has 3 aromatic rings. The van der Waals surface area contributed by atoms with Crippen molar-refractivity contribution in [3.8, 4) is 22.9 Å². The minimum Gasteiger partial charge on any atom is -0.496 e. The predicted molar refractivity (Wildman–Crippen MR) is 112 cm³/mol. The van der Waals surface area contributed by atoms with Gasteiger partial charge in [-0.2, -0.15) is 5.26 Å². The van der Waals surface area contributed by atoms with Crippen molar-refractivity contribution < 1.29 is 23.8 Å². The molecule has 0 N–H and O–H groups in total. The first-order valence-electron chi connectivity index (χ1n) is 9.44. The van der Waals surface area contributed by atoms with Crippen LogP contribution in [-0.4, -0.2) is 24.0 Å². The average Bonchev–Trinajstić information content (AvgIpc) is 2.81. The number of methoxy groups -OCH3 is 1. The molecule has 0 aliphatic carbocycles. The molecule has 0 atom stereocenters. The first-order valence-corrected chi connectivity index (χ1v) is 9.44. The number of carbonyl (C=O) groups is 2. The van der Waals surface area contributed by atoms with E-state index < -0.39 is 11.9 Å². The largest absolute Gasteiger partial charge is 0.496 e. The third-order valence-electron chi connectivity index (χ3n) is 4.56. The quantitative estimate of drug-likeness (QED) is 0.536. The van der Waals surface area contributed by atoms with Gasteiger partial charge < -0.3 is 14.2 Å². The number of ether oxygens (including phenoxy) is 3. The van der Waals surface area contributed by atoms with Crippen LogP contribution < -0.4 is 4.74 Å². The maximum absolute atomic E-state index is 12.9. The highest BCUT2D eigenvalue weighted by atomic mass is 16.5. The molecular formula is C24H20N2O5. The van der Waals surface area contributed by atoms with E-state index in [1.807, 2.05) is 30.3 Å². The molecule has 2 aromatic carbocycles. The van der Waals surface area contributed by atoms with Gasteiger partial charge in [0.1, 0.15) is 19.0 Å². The van der Waals surface area contributed by atoms with E-state index in [2.05, 4.69) is 11.1 Å². The molecule has 0 bridgehead atoms. The lowest BCUT2D eigenvalue weighted by Crippen LogP contribution is -2.10. The molecule has 7 nitrogen and oxygen atoms in total. The van der Waals surface area contributed by atoms with E-state index in [1.54, 1.807) is 18.2 Å². The third kappa shape index (κ3) is 5.06. The van der Waals surface area contributed by atoms with E-state index >= 15 is 0 Å². The van der Waals surface area contributed by atoms with Crippen molar-refractivity contribution >= 4 is 11.9 Å². The summed E-state index contributed by atoms with van der Waals surface area (Å²) < 4.78 is 16.1. The lowest BCUT2D eigenvalue weighted by atomic mass is 9.93. The fraction of sp³-hybridized carbons (Fsp3) is 0.167. The zero-order chi connectivity index (χ0) is 22.2. The van der Waals surface area contributed by atoms with Crippen LogP contribution in [0.3, 0.4) is 0 Å². The van der Waals surface area contributed by atoms with Gasteiger partial charge in [-0.15, -0.1) is 0 Å². The maximum atomic E-state index is 12.9. The van der Waals surface area contributed by atoms with Crippen LogP contribution in [0.25, 0.3) is 11.1 Å². The Bertz CT molecular complexity index is 1140. The predicted octanol–water partition coefficient (Wildman–Crippen LogP) is 4.05. The Hall–Kier alpha value is -4.18. The van der Waals surface area contributed by atoms with Gasteiger partial charge in [0.25, 0.3) is 0 Å². The second-order valence-corrected chi connectivity index (χ2v) is 6.54. The third-order valence-corrected chi connectivity index (χ3v) is 4.56. The van der Waals surface area contributed by atoms with Crippen LogP contribution in [0.1, 0.15) is 34.0 Å². The average molecular weight is 416 g/mol. The number of carbonyl (C=O) groups excluding carboxylic acids is 2. The number of esters is 2. The van der Waals surface area contributed by atoms with E-state index in [1.165, 1.54) is 26.4 Å². The molecule has 0 aliphatic heterocycles. The summed E-state index contributed by atoms with van der Waals surface area (Å²) in [5.41, 5.74) is 2.72. The van der Waals surface area contributed by atoms with E-state index in [4.69, 9.17) is 14.2 Å². The molecule has 156 valence electrons. The number of hydrogen-bond acceptors (Lipinski definition) is 7. The van der Waals surface area contributed by atoms with Gasteiger partial charge in [-0.3, -0.25) is 9.78 Å². The molecule has 0 unspecified atom stereocenters. The van der Waals surface area contributed by atoms with E-state index in [0.717, 1.165) is 5.56 Å². The van der Waals surface area contributed by atoms with Gasteiger partial charge >= 0.3 is 11.9 Å². The van der Waals surface area contributed by atoms with Crippen LogP contribution in [0.15, 0.2) is 60.9 Å². The van der Waals surface area contributed by atoms with Crippen LogP contribution in [0.2, 0.25) is 0 Å².